The summed E-state index contributed by atoms with van der Waals surface area (Å²) >= 11 is 3.62. The van der Waals surface area contributed by atoms with Gasteiger partial charge in [0.25, 0.3) is 0 Å². The predicted molar refractivity (Wildman–Crippen MR) is 228 cm³/mol. The molecule has 4 heterocycles. The minimum absolute atomic E-state index is 0.761. The molecular formula is C48H27N3S2. The van der Waals surface area contributed by atoms with Crippen molar-refractivity contribution in [1.82, 2.24) is 14.5 Å². The molecule has 3 nitrogen and oxygen atoms in total. The highest BCUT2D eigenvalue weighted by atomic mass is 32.1. The maximum Gasteiger partial charge on any atom is 0.162 e. The Balaban J connectivity index is 1.15. The van der Waals surface area contributed by atoms with Gasteiger partial charge in [0.2, 0.25) is 0 Å². The maximum atomic E-state index is 5.42. The lowest BCUT2D eigenvalue weighted by atomic mass is 9.99. The van der Waals surface area contributed by atoms with Gasteiger partial charge < -0.3 is 4.57 Å². The molecule has 246 valence electrons. The molecule has 0 spiro atoms. The van der Waals surface area contributed by atoms with E-state index in [4.69, 9.17) is 9.97 Å². The molecule has 12 aromatic rings. The van der Waals surface area contributed by atoms with E-state index in [1.54, 1.807) is 11.3 Å². The van der Waals surface area contributed by atoms with Crippen LogP contribution in [0.15, 0.2) is 164 Å². The molecule has 5 heteroatoms. The molecule has 8 aromatic carbocycles. The zero-order valence-corrected chi connectivity index (χ0v) is 29.9. The van der Waals surface area contributed by atoms with E-state index in [2.05, 4.69) is 168 Å². The first-order valence-electron chi connectivity index (χ1n) is 17.8. The minimum Gasteiger partial charge on any atom is -0.309 e. The molecule has 0 unspecified atom stereocenters. The smallest absolute Gasteiger partial charge is 0.162 e. The Morgan fingerprint density at radius 3 is 2.00 bits per heavy atom. The SMILES string of the molecule is c1ccc(-c2nc(-c3cc4ccccc4c4c3sc3cc(-n5c6ccccc6c6cc7ccccc7cc65)ccc34)nc3c2sc2ccccc23)cc1. The first kappa shape index (κ1) is 29.2. The zero-order valence-electron chi connectivity index (χ0n) is 28.2. The van der Waals surface area contributed by atoms with E-state index in [9.17, 15) is 0 Å². The number of fused-ring (bicyclic) bond motifs is 12. The van der Waals surface area contributed by atoms with Crippen LogP contribution in [-0.4, -0.2) is 14.5 Å². The summed E-state index contributed by atoms with van der Waals surface area (Å²) in [6, 6.07) is 59.3. The van der Waals surface area contributed by atoms with Crippen molar-refractivity contribution in [2.24, 2.45) is 0 Å². The van der Waals surface area contributed by atoms with Crippen LogP contribution in [0.2, 0.25) is 0 Å². The Morgan fingerprint density at radius 1 is 0.434 bits per heavy atom. The van der Waals surface area contributed by atoms with Crippen molar-refractivity contribution >= 4 is 106 Å². The van der Waals surface area contributed by atoms with Crippen LogP contribution >= 0.6 is 22.7 Å². The van der Waals surface area contributed by atoms with Crippen molar-refractivity contribution in [3.63, 3.8) is 0 Å². The molecule has 0 aliphatic rings. The molecule has 0 bridgehead atoms. The van der Waals surface area contributed by atoms with Crippen LogP contribution in [-0.2, 0) is 0 Å². The summed E-state index contributed by atoms with van der Waals surface area (Å²) in [4.78, 5) is 10.8. The zero-order chi connectivity index (χ0) is 34.6. The van der Waals surface area contributed by atoms with E-state index >= 15 is 0 Å². The molecule has 0 saturated heterocycles. The van der Waals surface area contributed by atoms with Crippen molar-refractivity contribution < 1.29 is 0 Å². The van der Waals surface area contributed by atoms with Gasteiger partial charge in [0.05, 0.1) is 26.9 Å². The van der Waals surface area contributed by atoms with E-state index in [1.165, 1.54) is 73.6 Å². The van der Waals surface area contributed by atoms with Gasteiger partial charge in [0.15, 0.2) is 5.82 Å². The Kier molecular flexibility index (Phi) is 6.09. The second kappa shape index (κ2) is 11.1. The fourth-order valence-corrected chi connectivity index (χ4v) is 10.8. The van der Waals surface area contributed by atoms with E-state index in [-0.39, 0.29) is 0 Å². The molecular weight excluding hydrogens is 683 g/mol. The molecule has 0 amide bonds. The summed E-state index contributed by atoms with van der Waals surface area (Å²) in [6.45, 7) is 0. The van der Waals surface area contributed by atoms with E-state index in [0.717, 1.165) is 38.5 Å². The summed E-state index contributed by atoms with van der Waals surface area (Å²) in [5.41, 5.74) is 7.75. The first-order chi connectivity index (χ1) is 26.3. The molecule has 0 radical (unpaired) electrons. The fraction of sp³-hybridized carbons (Fsp3) is 0. The van der Waals surface area contributed by atoms with Gasteiger partial charge in [-0.05, 0) is 64.0 Å². The summed E-state index contributed by atoms with van der Waals surface area (Å²) in [7, 11) is 0. The number of aromatic nitrogens is 3. The monoisotopic (exact) mass is 709 g/mol. The number of hydrogen-bond acceptors (Lipinski definition) is 4. The third-order valence-electron chi connectivity index (χ3n) is 10.8. The fourth-order valence-electron chi connectivity index (χ4n) is 8.36. The maximum absolute atomic E-state index is 5.42. The third kappa shape index (κ3) is 4.26. The number of nitrogens with zero attached hydrogens (tertiary/aromatic N) is 3. The third-order valence-corrected chi connectivity index (χ3v) is 13.1. The van der Waals surface area contributed by atoms with E-state index in [1.807, 2.05) is 11.3 Å². The van der Waals surface area contributed by atoms with Crippen LogP contribution in [0.1, 0.15) is 0 Å². The summed E-state index contributed by atoms with van der Waals surface area (Å²) in [6.07, 6.45) is 0. The lowest BCUT2D eigenvalue weighted by molar-refractivity contribution is 1.19. The van der Waals surface area contributed by atoms with Gasteiger partial charge in [-0.25, -0.2) is 9.97 Å². The summed E-state index contributed by atoms with van der Waals surface area (Å²) < 4.78 is 7.24. The number of thiophene rings is 2. The number of benzene rings is 8. The lowest BCUT2D eigenvalue weighted by Gasteiger charge is -2.10. The van der Waals surface area contributed by atoms with Crippen molar-refractivity contribution in [3.8, 4) is 28.3 Å². The Labute approximate surface area is 311 Å². The summed E-state index contributed by atoms with van der Waals surface area (Å²) in [5, 5.41) is 11.2. The van der Waals surface area contributed by atoms with Gasteiger partial charge in [0, 0.05) is 57.8 Å². The standard InChI is InChI=1S/C48H27N3S2/c1-2-12-28(13-3-1)44-47-45(36-19-9-11-21-41(36)52-47)50-48(49-44)38-25-31-16-6-7-17-33(31)43-35-23-22-32(27-42(35)53-46(38)43)51-39-20-10-8-18-34(39)37-24-29-14-4-5-15-30(29)26-40(37)51/h1-27H. The lowest BCUT2D eigenvalue weighted by Crippen LogP contribution is -1.94. The Morgan fingerprint density at radius 2 is 1.13 bits per heavy atom. The molecule has 53 heavy (non-hydrogen) atoms. The number of para-hydroxylation sites is 1. The quantitative estimate of drug-likeness (QED) is 0.183. The van der Waals surface area contributed by atoms with Crippen LogP contribution in [0, 0.1) is 0 Å². The molecule has 0 saturated carbocycles. The Bertz CT molecular complexity index is 3460. The van der Waals surface area contributed by atoms with E-state index < -0.39 is 0 Å². The Hall–Kier alpha value is -6.40. The highest BCUT2D eigenvalue weighted by Crippen LogP contribution is 2.46. The average Bonchev–Trinajstić information content (AvgIpc) is 3.89. The van der Waals surface area contributed by atoms with Gasteiger partial charge in [-0.15, -0.1) is 22.7 Å². The van der Waals surface area contributed by atoms with Gasteiger partial charge >= 0.3 is 0 Å². The van der Waals surface area contributed by atoms with Crippen LogP contribution < -0.4 is 0 Å². The van der Waals surface area contributed by atoms with Crippen molar-refractivity contribution in [2.75, 3.05) is 0 Å². The average molecular weight is 710 g/mol. The van der Waals surface area contributed by atoms with Crippen LogP contribution in [0.5, 0.6) is 0 Å². The number of hydrogen-bond donors (Lipinski definition) is 0. The molecule has 12 rings (SSSR count). The second-order valence-corrected chi connectivity index (χ2v) is 15.8. The van der Waals surface area contributed by atoms with Crippen molar-refractivity contribution in [3.05, 3.63) is 164 Å². The summed E-state index contributed by atoms with van der Waals surface area (Å²) in [5.74, 6) is 0.761. The topological polar surface area (TPSA) is 30.7 Å². The van der Waals surface area contributed by atoms with Gasteiger partial charge in [-0.1, -0.05) is 121 Å². The van der Waals surface area contributed by atoms with Crippen LogP contribution in [0.4, 0.5) is 0 Å². The van der Waals surface area contributed by atoms with Crippen molar-refractivity contribution in [2.45, 2.75) is 0 Å². The molecule has 0 fully saturated rings. The normalized spacial score (nSPS) is 12.2. The van der Waals surface area contributed by atoms with E-state index in [0.29, 0.717) is 0 Å². The highest BCUT2D eigenvalue weighted by Gasteiger charge is 2.21. The highest BCUT2D eigenvalue weighted by molar-refractivity contribution is 7.27. The predicted octanol–water partition coefficient (Wildman–Crippen LogP) is 13.9. The van der Waals surface area contributed by atoms with Crippen LogP contribution in [0.3, 0.4) is 0 Å². The molecule has 0 atom stereocenters. The minimum atomic E-state index is 0.761. The second-order valence-electron chi connectivity index (χ2n) is 13.7. The largest absolute Gasteiger partial charge is 0.309 e. The first-order valence-corrected chi connectivity index (χ1v) is 19.5. The number of rotatable bonds is 3. The van der Waals surface area contributed by atoms with Crippen molar-refractivity contribution in [1.29, 1.82) is 0 Å². The van der Waals surface area contributed by atoms with Crippen LogP contribution in [0.25, 0.3) is 112 Å². The molecule has 0 aliphatic carbocycles. The van der Waals surface area contributed by atoms with Gasteiger partial charge in [-0.3, -0.25) is 0 Å². The van der Waals surface area contributed by atoms with Gasteiger partial charge in [-0.2, -0.15) is 0 Å². The molecule has 0 N–H and O–H groups in total. The molecule has 0 aliphatic heterocycles. The van der Waals surface area contributed by atoms with Gasteiger partial charge in [0.1, 0.15) is 0 Å². The molecule has 4 aromatic heterocycles.